The summed E-state index contributed by atoms with van der Waals surface area (Å²) in [5, 5.41) is 2.71. The van der Waals surface area contributed by atoms with E-state index in [1.807, 2.05) is 6.92 Å². The van der Waals surface area contributed by atoms with Crippen LogP contribution in [-0.2, 0) is 0 Å². The molecule has 0 aliphatic rings. The van der Waals surface area contributed by atoms with Crippen LogP contribution in [0.1, 0.15) is 6.92 Å². The van der Waals surface area contributed by atoms with Gasteiger partial charge in [-0.1, -0.05) is 6.92 Å². The van der Waals surface area contributed by atoms with E-state index < -0.39 is 17.5 Å². The molecule has 15 heavy (non-hydrogen) atoms. The summed E-state index contributed by atoms with van der Waals surface area (Å²) in [6.07, 6.45) is 0. The zero-order chi connectivity index (χ0) is 11.3. The van der Waals surface area contributed by atoms with Crippen molar-refractivity contribution in [2.24, 2.45) is 0 Å². The van der Waals surface area contributed by atoms with E-state index in [0.29, 0.717) is 12.6 Å². The second-order valence-corrected chi connectivity index (χ2v) is 4.26. The van der Waals surface area contributed by atoms with Crippen molar-refractivity contribution in [2.45, 2.75) is 6.92 Å². The third-order valence-electron chi connectivity index (χ3n) is 1.78. The van der Waals surface area contributed by atoms with Crippen LogP contribution < -0.4 is 5.32 Å². The Morgan fingerprint density at radius 1 is 1.13 bits per heavy atom. The highest BCUT2D eigenvalue weighted by Crippen LogP contribution is 2.18. The molecule has 0 spiro atoms. The van der Waals surface area contributed by atoms with Gasteiger partial charge in [-0.05, 0) is 5.75 Å². The summed E-state index contributed by atoms with van der Waals surface area (Å²) in [5.41, 5.74) is 0.00519. The molecule has 0 saturated carbocycles. The first-order chi connectivity index (χ1) is 7.15. The SMILES string of the molecule is CCSCCNc1cc(F)c(F)cc1F. The van der Waals surface area contributed by atoms with Gasteiger partial charge in [0.05, 0.1) is 5.69 Å². The van der Waals surface area contributed by atoms with Gasteiger partial charge < -0.3 is 5.32 Å². The minimum atomic E-state index is -1.17. The van der Waals surface area contributed by atoms with Crippen molar-refractivity contribution in [3.8, 4) is 0 Å². The molecule has 0 aromatic heterocycles. The number of hydrogen-bond donors (Lipinski definition) is 1. The van der Waals surface area contributed by atoms with E-state index in [1.54, 1.807) is 11.8 Å². The van der Waals surface area contributed by atoms with Gasteiger partial charge in [-0.3, -0.25) is 0 Å². The Hall–Kier alpha value is -0.840. The van der Waals surface area contributed by atoms with Crippen LogP contribution in [-0.4, -0.2) is 18.1 Å². The van der Waals surface area contributed by atoms with E-state index in [0.717, 1.165) is 17.6 Å². The summed E-state index contributed by atoms with van der Waals surface area (Å²) in [6, 6.07) is 1.38. The molecule has 0 unspecified atom stereocenters. The quantitative estimate of drug-likeness (QED) is 0.621. The van der Waals surface area contributed by atoms with E-state index in [4.69, 9.17) is 0 Å². The normalized spacial score (nSPS) is 10.4. The van der Waals surface area contributed by atoms with Crippen molar-refractivity contribution >= 4 is 17.4 Å². The lowest BCUT2D eigenvalue weighted by Crippen LogP contribution is -2.06. The molecule has 0 radical (unpaired) electrons. The maximum atomic E-state index is 13.1. The number of nitrogens with one attached hydrogen (secondary N) is 1. The van der Waals surface area contributed by atoms with Crippen LogP contribution in [0.2, 0.25) is 0 Å². The van der Waals surface area contributed by atoms with Crippen LogP contribution in [0.5, 0.6) is 0 Å². The van der Waals surface area contributed by atoms with Crippen LogP contribution in [0.25, 0.3) is 0 Å². The molecule has 0 saturated heterocycles. The average molecular weight is 235 g/mol. The van der Waals surface area contributed by atoms with Crippen LogP contribution in [0.15, 0.2) is 12.1 Å². The fraction of sp³-hybridized carbons (Fsp3) is 0.400. The molecule has 1 aromatic carbocycles. The summed E-state index contributed by atoms with van der Waals surface area (Å²) in [7, 11) is 0. The maximum absolute atomic E-state index is 13.1. The first-order valence-electron chi connectivity index (χ1n) is 4.61. The number of anilines is 1. The molecule has 0 bridgehead atoms. The monoisotopic (exact) mass is 235 g/mol. The molecule has 1 nitrogen and oxygen atoms in total. The molecule has 84 valence electrons. The smallest absolute Gasteiger partial charge is 0.161 e. The summed E-state index contributed by atoms with van der Waals surface area (Å²) in [5.74, 6) is -1.20. The highest BCUT2D eigenvalue weighted by atomic mass is 32.2. The van der Waals surface area contributed by atoms with Gasteiger partial charge in [0, 0.05) is 24.4 Å². The van der Waals surface area contributed by atoms with Gasteiger partial charge in [0.1, 0.15) is 5.82 Å². The first-order valence-corrected chi connectivity index (χ1v) is 5.76. The van der Waals surface area contributed by atoms with Crippen molar-refractivity contribution < 1.29 is 13.2 Å². The summed E-state index contributed by atoms with van der Waals surface area (Å²) >= 11 is 1.69. The van der Waals surface area contributed by atoms with Crippen molar-refractivity contribution in [3.05, 3.63) is 29.6 Å². The molecule has 0 aliphatic heterocycles. The number of rotatable bonds is 5. The highest BCUT2D eigenvalue weighted by molar-refractivity contribution is 7.99. The zero-order valence-corrected chi connectivity index (χ0v) is 9.13. The molecular formula is C10H12F3NS. The predicted octanol–water partition coefficient (Wildman–Crippen LogP) is 3.27. The summed E-state index contributed by atoms with van der Waals surface area (Å²) in [4.78, 5) is 0. The van der Waals surface area contributed by atoms with Gasteiger partial charge in [-0.2, -0.15) is 11.8 Å². The van der Waals surface area contributed by atoms with Crippen molar-refractivity contribution in [3.63, 3.8) is 0 Å². The van der Waals surface area contributed by atoms with E-state index >= 15 is 0 Å². The van der Waals surface area contributed by atoms with Crippen LogP contribution in [0.4, 0.5) is 18.9 Å². The fourth-order valence-electron chi connectivity index (χ4n) is 1.06. The van der Waals surface area contributed by atoms with Gasteiger partial charge in [-0.15, -0.1) is 0 Å². The fourth-order valence-corrected chi connectivity index (χ4v) is 1.60. The van der Waals surface area contributed by atoms with Gasteiger partial charge in [0.15, 0.2) is 11.6 Å². The van der Waals surface area contributed by atoms with Crippen molar-refractivity contribution in [2.75, 3.05) is 23.4 Å². The Labute approximate surface area is 91.1 Å². The minimum absolute atomic E-state index is 0.00519. The lowest BCUT2D eigenvalue weighted by molar-refractivity contribution is 0.496. The Morgan fingerprint density at radius 2 is 1.80 bits per heavy atom. The Bertz CT molecular complexity index is 331. The Balaban J connectivity index is 2.57. The Morgan fingerprint density at radius 3 is 2.47 bits per heavy atom. The van der Waals surface area contributed by atoms with Crippen molar-refractivity contribution in [1.82, 2.24) is 0 Å². The lowest BCUT2D eigenvalue weighted by atomic mass is 10.3. The van der Waals surface area contributed by atoms with Crippen molar-refractivity contribution in [1.29, 1.82) is 0 Å². The number of halogens is 3. The van der Waals surface area contributed by atoms with E-state index in [9.17, 15) is 13.2 Å². The minimum Gasteiger partial charge on any atom is -0.382 e. The maximum Gasteiger partial charge on any atom is 0.161 e. The molecule has 0 atom stereocenters. The molecule has 1 rings (SSSR count). The lowest BCUT2D eigenvalue weighted by Gasteiger charge is -2.07. The molecular weight excluding hydrogens is 223 g/mol. The van der Waals surface area contributed by atoms with Gasteiger partial charge in [0.25, 0.3) is 0 Å². The molecule has 0 heterocycles. The first kappa shape index (κ1) is 12.2. The summed E-state index contributed by atoms with van der Waals surface area (Å²) in [6.45, 7) is 2.54. The van der Waals surface area contributed by atoms with Gasteiger partial charge in [0.2, 0.25) is 0 Å². The summed E-state index contributed by atoms with van der Waals surface area (Å²) < 4.78 is 38.4. The molecule has 1 N–H and O–H groups in total. The molecule has 5 heteroatoms. The number of hydrogen-bond acceptors (Lipinski definition) is 2. The van der Waals surface area contributed by atoms with Gasteiger partial charge >= 0.3 is 0 Å². The predicted molar refractivity (Wildman–Crippen MR) is 57.8 cm³/mol. The average Bonchev–Trinajstić information content (AvgIpc) is 2.20. The standard InChI is InChI=1S/C10H12F3NS/c1-2-15-4-3-14-10-6-8(12)7(11)5-9(10)13/h5-6,14H,2-4H2,1H3. The second-order valence-electron chi connectivity index (χ2n) is 2.87. The highest BCUT2D eigenvalue weighted by Gasteiger charge is 2.08. The zero-order valence-electron chi connectivity index (χ0n) is 8.32. The van der Waals surface area contributed by atoms with Gasteiger partial charge in [-0.25, -0.2) is 13.2 Å². The third-order valence-corrected chi connectivity index (χ3v) is 2.68. The van der Waals surface area contributed by atoms with Crippen LogP contribution >= 0.6 is 11.8 Å². The third kappa shape index (κ3) is 3.66. The molecule has 0 fully saturated rings. The number of benzene rings is 1. The Kier molecular flexibility index (Phi) is 4.81. The van der Waals surface area contributed by atoms with Crippen LogP contribution in [0.3, 0.4) is 0 Å². The number of thioether (sulfide) groups is 1. The largest absolute Gasteiger partial charge is 0.382 e. The second kappa shape index (κ2) is 5.90. The van der Waals surface area contributed by atoms with E-state index in [-0.39, 0.29) is 5.69 Å². The molecule has 1 aromatic rings. The molecule has 0 amide bonds. The molecule has 0 aliphatic carbocycles. The van der Waals surface area contributed by atoms with E-state index in [1.165, 1.54) is 0 Å². The topological polar surface area (TPSA) is 12.0 Å². The van der Waals surface area contributed by atoms with E-state index in [2.05, 4.69) is 5.32 Å². The van der Waals surface area contributed by atoms with Crippen LogP contribution in [0, 0.1) is 17.5 Å².